The van der Waals surface area contributed by atoms with Crippen LogP contribution in [0.1, 0.15) is 42.4 Å². The van der Waals surface area contributed by atoms with Crippen LogP contribution in [0.3, 0.4) is 0 Å². The number of hydrogen-bond donors (Lipinski definition) is 3. The first-order valence-electron chi connectivity index (χ1n) is 12.0. The lowest BCUT2D eigenvalue weighted by Gasteiger charge is -2.27. The quantitative estimate of drug-likeness (QED) is 0.294. The van der Waals surface area contributed by atoms with Gasteiger partial charge >= 0.3 is 5.69 Å². The van der Waals surface area contributed by atoms with Crippen LogP contribution in [0.15, 0.2) is 42.9 Å². The van der Waals surface area contributed by atoms with Crippen LogP contribution in [-0.4, -0.2) is 38.1 Å². The molecule has 0 amide bonds. The Morgan fingerprint density at radius 1 is 1.09 bits per heavy atom. The molecule has 0 atom stereocenters. The number of aliphatic hydroxyl groups is 1. The van der Waals surface area contributed by atoms with Gasteiger partial charge in [0.05, 0.1) is 4.92 Å². The van der Waals surface area contributed by atoms with E-state index in [1.54, 1.807) is 0 Å². The Morgan fingerprint density at radius 2 is 1.86 bits per heavy atom. The van der Waals surface area contributed by atoms with Crippen LogP contribution in [0.2, 0.25) is 0 Å². The van der Waals surface area contributed by atoms with Crippen molar-refractivity contribution in [2.45, 2.75) is 46.1 Å². The minimum Gasteiger partial charge on any atom is -0.396 e. The lowest BCUT2D eigenvalue weighted by atomic mass is 9.82. The highest BCUT2D eigenvalue weighted by Crippen LogP contribution is 2.30. The van der Waals surface area contributed by atoms with Gasteiger partial charge in [0.2, 0.25) is 11.8 Å². The van der Waals surface area contributed by atoms with Crippen LogP contribution in [0.5, 0.6) is 0 Å². The fourth-order valence-corrected chi connectivity index (χ4v) is 4.65. The summed E-state index contributed by atoms with van der Waals surface area (Å²) in [7, 11) is 0. The summed E-state index contributed by atoms with van der Waals surface area (Å²) in [5.41, 5.74) is 5.36. The van der Waals surface area contributed by atoms with Gasteiger partial charge in [-0.3, -0.25) is 15.1 Å². The predicted octanol–water partition coefficient (Wildman–Crippen LogP) is 4.89. The average Bonchev–Trinajstić information content (AvgIpc) is 2.87. The van der Waals surface area contributed by atoms with Crippen molar-refractivity contribution in [2.75, 3.05) is 23.8 Å². The Kier molecular flexibility index (Phi) is 7.87. The molecule has 9 heteroatoms. The number of nitrogens with zero attached hydrogens (tertiary/aromatic N) is 4. The molecule has 1 aliphatic carbocycles. The second-order valence-electron chi connectivity index (χ2n) is 9.33. The molecule has 0 saturated heterocycles. The van der Waals surface area contributed by atoms with Gasteiger partial charge in [0.15, 0.2) is 0 Å². The molecule has 0 bridgehead atoms. The molecule has 3 N–H and O–H groups in total. The Bertz CT molecular complexity index is 1180. The van der Waals surface area contributed by atoms with E-state index in [4.69, 9.17) is 0 Å². The van der Waals surface area contributed by atoms with E-state index < -0.39 is 4.92 Å². The normalized spacial score (nSPS) is 17.7. The van der Waals surface area contributed by atoms with Crippen molar-refractivity contribution in [3.63, 3.8) is 0 Å². The fraction of sp³-hybridized carbons (Fsp3) is 0.423. The Balaban J connectivity index is 1.45. The van der Waals surface area contributed by atoms with Crippen molar-refractivity contribution in [3.05, 3.63) is 69.7 Å². The van der Waals surface area contributed by atoms with Crippen LogP contribution in [0.25, 0.3) is 11.1 Å². The number of aliphatic hydroxyl groups excluding tert-OH is 1. The minimum absolute atomic E-state index is 0.135. The molecule has 2 heterocycles. The van der Waals surface area contributed by atoms with Gasteiger partial charge in [-0.2, -0.15) is 4.98 Å². The van der Waals surface area contributed by atoms with Crippen molar-refractivity contribution in [2.24, 2.45) is 11.8 Å². The molecule has 0 radical (unpaired) electrons. The molecule has 1 fully saturated rings. The maximum absolute atomic E-state index is 11.5. The van der Waals surface area contributed by atoms with E-state index in [0.717, 1.165) is 53.5 Å². The molecule has 3 aromatic rings. The molecule has 2 aromatic heterocycles. The summed E-state index contributed by atoms with van der Waals surface area (Å²) in [4.78, 5) is 24.0. The molecule has 9 nitrogen and oxygen atoms in total. The van der Waals surface area contributed by atoms with Gasteiger partial charge in [-0.1, -0.05) is 18.2 Å². The Hall–Kier alpha value is -3.59. The summed E-state index contributed by atoms with van der Waals surface area (Å²) < 4.78 is 0. The first-order valence-corrected chi connectivity index (χ1v) is 12.0. The third-order valence-electron chi connectivity index (χ3n) is 6.82. The van der Waals surface area contributed by atoms with Gasteiger partial charge in [0.1, 0.15) is 6.20 Å². The number of nitrogens with one attached hydrogen (secondary N) is 2. The first kappa shape index (κ1) is 24.5. The number of pyridine rings is 1. The van der Waals surface area contributed by atoms with E-state index in [1.807, 2.05) is 31.5 Å². The van der Waals surface area contributed by atoms with Gasteiger partial charge < -0.3 is 15.7 Å². The largest absolute Gasteiger partial charge is 0.396 e. The second kappa shape index (κ2) is 11.2. The highest BCUT2D eigenvalue weighted by atomic mass is 16.6. The van der Waals surface area contributed by atoms with E-state index in [9.17, 15) is 15.2 Å². The summed E-state index contributed by atoms with van der Waals surface area (Å²) in [6.45, 7) is 5.43. The van der Waals surface area contributed by atoms with E-state index in [2.05, 4.69) is 44.6 Å². The lowest BCUT2D eigenvalue weighted by molar-refractivity contribution is -0.384. The van der Waals surface area contributed by atoms with Crippen LogP contribution in [0.4, 0.5) is 17.5 Å². The van der Waals surface area contributed by atoms with E-state index in [1.165, 1.54) is 6.20 Å². The van der Waals surface area contributed by atoms with Crippen molar-refractivity contribution in [1.29, 1.82) is 0 Å². The highest BCUT2D eigenvalue weighted by Gasteiger charge is 2.23. The predicted molar refractivity (Wildman–Crippen MR) is 136 cm³/mol. The van der Waals surface area contributed by atoms with Crippen molar-refractivity contribution in [1.82, 2.24) is 15.0 Å². The number of nitro groups is 1. The monoisotopic (exact) mass is 476 g/mol. The fourth-order valence-electron chi connectivity index (χ4n) is 4.65. The summed E-state index contributed by atoms with van der Waals surface area (Å²) in [5, 5.41) is 27.3. The Labute approximate surface area is 205 Å². The van der Waals surface area contributed by atoms with E-state index in [-0.39, 0.29) is 18.1 Å². The molecule has 184 valence electrons. The zero-order valence-electron chi connectivity index (χ0n) is 20.2. The Morgan fingerprint density at radius 3 is 2.57 bits per heavy atom. The van der Waals surface area contributed by atoms with E-state index in [0.29, 0.717) is 30.9 Å². The molecule has 4 rings (SSSR count). The minimum atomic E-state index is -0.460. The molecule has 1 aliphatic rings. The number of hydrogen-bond acceptors (Lipinski definition) is 8. The zero-order valence-corrected chi connectivity index (χ0v) is 20.2. The third-order valence-corrected chi connectivity index (χ3v) is 6.82. The highest BCUT2D eigenvalue weighted by molar-refractivity contribution is 5.68. The number of aromatic nitrogens is 3. The molecule has 0 spiro atoms. The molecule has 0 aliphatic heterocycles. The number of benzene rings is 1. The molecule has 35 heavy (non-hydrogen) atoms. The maximum Gasteiger partial charge on any atom is 0.329 e. The average molecular weight is 477 g/mol. The smallest absolute Gasteiger partial charge is 0.329 e. The standard InChI is InChI=1S/C26H32N6O3/c1-17-10-22(13-27-11-17)23-5-3-4-21(18(23)2)14-29-26-30-15-24(32(34)35)25(31-26)28-12-19-6-8-20(16-33)9-7-19/h3-5,10-11,13,15,19-20,33H,6-9,12,14,16H2,1-2H3,(H2,28,29,30,31). The molecule has 0 unspecified atom stereocenters. The topological polar surface area (TPSA) is 126 Å². The van der Waals surface area contributed by atoms with Crippen molar-refractivity contribution >= 4 is 17.5 Å². The number of rotatable bonds is 9. The van der Waals surface area contributed by atoms with Crippen LogP contribution < -0.4 is 10.6 Å². The molecular weight excluding hydrogens is 444 g/mol. The van der Waals surface area contributed by atoms with Crippen LogP contribution >= 0.6 is 0 Å². The number of anilines is 2. The van der Waals surface area contributed by atoms with Gasteiger partial charge in [-0.15, -0.1) is 0 Å². The third kappa shape index (κ3) is 6.10. The molecular formula is C26H32N6O3. The van der Waals surface area contributed by atoms with Gasteiger partial charge in [0.25, 0.3) is 0 Å². The van der Waals surface area contributed by atoms with E-state index >= 15 is 0 Å². The number of aryl methyl sites for hydroxylation is 1. The second-order valence-corrected chi connectivity index (χ2v) is 9.33. The van der Waals surface area contributed by atoms with Crippen molar-refractivity contribution in [3.8, 4) is 11.1 Å². The summed E-state index contributed by atoms with van der Waals surface area (Å²) in [6.07, 6.45) is 8.91. The van der Waals surface area contributed by atoms with Crippen molar-refractivity contribution < 1.29 is 10.0 Å². The molecule has 1 saturated carbocycles. The lowest BCUT2D eigenvalue weighted by Crippen LogP contribution is -2.23. The summed E-state index contributed by atoms with van der Waals surface area (Å²) in [5.74, 6) is 1.35. The summed E-state index contributed by atoms with van der Waals surface area (Å²) in [6, 6.07) is 8.24. The van der Waals surface area contributed by atoms with Gasteiger partial charge in [-0.05, 0) is 79.7 Å². The first-order chi connectivity index (χ1) is 16.9. The summed E-state index contributed by atoms with van der Waals surface area (Å²) >= 11 is 0. The zero-order chi connectivity index (χ0) is 24.8. The van der Waals surface area contributed by atoms with Gasteiger partial charge in [-0.25, -0.2) is 4.98 Å². The van der Waals surface area contributed by atoms with Crippen LogP contribution in [-0.2, 0) is 6.54 Å². The SMILES string of the molecule is Cc1cncc(-c2cccc(CNc3ncc([N+](=O)[O-])c(NCC4CCC(CO)CC4)n3)c2C)c1. The molecule has 1 aromatic carbocycles. The maximum atomic E-state index is 11.5. The van der Waals surface area contributed by atoms with Gasteiger partial charge in [0, 0.05) is 37.7 Å². The van der Waals surface area contributed by atoms with Crippen LogP contribution in [0, 0.1) is 35.8 Å².